The number of imidazole rings is 1. The Morgan fingerprint density at radius 1 is 1.16 bits per heavy atom. The number of hydrogen-bond acceptors (Lipinski definition) is 4. The van der Waals surface area contributed by atoms with E-state index in [0.29, 0.717) is 37.7 Å². The Labute approximate surface area is 178 Å². The Kier molecular flexibility index (Phi) is 5.84. The van der Waals surface area contributed by atoms with Crippen LogP contribution in [0.1, 0.15) is 31.7 Å². The first-order valence-corrected chi connectivity index (χ1v) is 10.4. The van der Waals surface area contributed by atoms with Crippen molar-refractivity contribution in [3.8, 4) is 0 Å². The van der Waals surface area contributed by atoms with E-state index >= 15 is 0 Å². The average molecular weight is 431 g/mol. The van der Waals surface area contributed by atoms with Crippen molar-refractivity contribution in [2.24, 2.45) is 5.92 Å². The number of aromatic nitrogens is 3. The van der Waals surface area contributed by atoms with Crippen LogP contribution in [0.3, 0.4) is 0 Å². The molecule has 1 fully saturated rings. The molecule has 0 saturated carbocycles. The smallest absolute Gasteiger partial charge is 0.357 e. The zero-order valence-corrected chi connectivity index (χ0v) is 17.2. The number of nitrogens with zero attached hydrogens (tertiary/aromatic N) is 4. The molecule has 1 aromatic carbocycles. The molecule has 31 heavy (non-hydrogen) atoms. The van der Waals surface area contributed by atoms with Crippen LogP contribution in [0.2, 0.25) is 0 Å². The summed E-state index contributed by atoms with van der Waals surface area (Å²) in [5, 5.41) is 2.99. The van der Waals surface area contributed by atoms with Crippen molar-refractivity contribution in [1.29, 1.82) is 0 Å². The molecule has 0 aliphatic carbocycles. The first-order valence-electron chi connectivity index (χ1n) is 10.4. The molecule has 1 amide bonds. The zero-order chi connectivity index (χ0) is 22.0. The summed E-state index contributed by atoms with van der Waals surface area (Å²) in [5.41, 5.74) is 1.07. The summed E-state index contributed by atoms with van der Waals surface area (Å²) in [6.45, 7) is 3.95. The summed E-state index contributed by atoms with van der Waals surface area (Å²) in [4.78, 5) is 23.3. The number of carbonyl (C=O) groups is 1. The Bertz CT molecular complexity index is 1050. The van der Waals surface area contributed by atoms with E-state index in [1.807, 2.05) is 33.7 Å². The second-order valence-corrected chi connectivity index (χ2v) is 7.73. The second kappa shape index (κ2) is 8.56. The van der Waals surface area contributed by atoms with Crippen LogP contribution in [0.15, 0.2) is 42.6 Å². The Hall–Kier alpha value is -3.10. The molecule has 3 aromatic rings. The van der Waals surface area contributed by atoms with Crippen LogP contribution in [0.5, 0.6) is 0 Å². The van der Waals surface area contributed by atoms with Crippen LogP contribution in [0, 0.1) is 5.92 Å². The van der Waals surface area contributed by atoms with Crippen LogP contribution in [-0.4, -0.2) is 33.5 Å². The number of halogens is 3. The largest absolute Gasteiger partial charge is 0.417 e. The number of alkyl halides is 3. The van der Waals surface area contributed by atoms with E-state index in [-0.39, 0.29) is 11.8 Å². The number of nitrogens with one attached hydrogen (secondary N) is 1. The minimum Gasteiger partial charge on any atom is -0.357 e. The number of anilines is 2. The Morgan fingerprint density at radius 2 is 1.90 bits per heavy atom. The van der Waals surface area contributed by atoms with E-state index in [1.165, 1.54) is 6.07 Å². The molecule has 0 unspecified atom stereocenters. The molecule has 1 N–H and O–H groups in total. The van der Waals surface area contributed by atoms with Gasteiger partial charge < -0.3 is 9.47 Å². The Morgan fingerprint density at radius 3 is 2.55 bits per heavy atom. The molecule has 4 rings (SSSR count). The lowest BCUT2D eigenvalue weighted by Crippen LogP contribution is -2.38. The van der Waals surface area contributed by atoms with Crippen molar-refractivity contribution in [1.82, 2.24) is 14.5 Å². The number of piperidine rings is 1. The summed E-state index contributed by atoms with van der Waals surface area (Å²) < 4.78 is 40.2. The number of aryl methyl sites for hydroxylation is 1. The maximum atomic E-state index is 12.9. The fraction of sp³-hybridized carbons (Fsp3) is 0.409. The lowest BCUT2D eigenvalue weighted by atomic mass is 9.96. The summed E-state index contributed by atoms with van der Waals surface area (Å²) in [7, 11) is 0. The fourth-order valence-electron chi connectivity index (χ4n) is 3.94. The maximum Gasteiger partial charge on any atom is 0.417 e. The molecular formula is C22H24F3N5O. The van der Waals surface area contributed by atoms with Gasteiger partial charge in [0.2, 0.25) is 11.9 Å². The predicted octanol–water partition coefficient (Wildman–Crippen LogP) is 4.72. The van der Waals surface area contributed by atoms with Gasteiger partial charge in [-0.05, 0) is 43.5 Å². The SMILES string of the molecule is CCCn1c(NC(=O)C2CCN(c3ccc(C(F)(F)F)cn3)CC2)nc2ccccc21. The van der Waals surface area contributed by atoms with E-state index in [0.717, 1.165) is 36.3 Å². The van der Waals surface area contributed by atoms with Crippen LogP contribution < -0.4 is 10.2 Å². The highest BCUT2D eigenvalue weighted by Gasteiger charge is 2.31. The van der Waals surface area contributed by atoms with Crippen LogP contribution >= 0.6 is 0 Å². The highest BCUT2D eigenvalue weighted by atomic mass is 19.4. The van der Waals surface area contributed by atoms with E-state index in [9.17, 15) is 18.0 Å². The average Bonchev–Trinajstić information content (AvgIpc) is 3.11. The highest BCUT2D eigenvalue weighted by Crippen LogP contribution is 2.30. The van der Waals surface area contributed by atoms with Crippen LogP contribution in [0.4, 0.5) is 24.9 Å². The Balaban J connectivity index is 1.40. The van der Waals surface area contributed by atoms with Crippen molar-refractivity contribution < 1.29 is 18.0 Å². The van der Waals surface area contributed by atoms with Gasteiger partial charge in [0.25, 0.3) is 0 Å². The van der Waals surface area contributed by atoms with Gasteiger partial charge in [-0.3, -0.25) is 10.1 Å². The predicted molar refractivity (Wildman–Crippen MR) is 113 cm³/mol. The number of benzene rings is 1. The maximum absolute atomic E-state index is 12.9. The molecule has 0 atom stereocenters. The minimum absolute atomic E-state index is 0.0762. The number of para-hydroxylation sites is 2. The fourth-order valence-corrected chi connectivity index (χ4v) is 3.94. The zero-order valence-electron chi connectivity index (χ0n) is 17.2. The monoisotopic (exact) mass is 431 g/mol. The first-order chi connectivity index (χ1) is 14.9. The lowest BCUT2D eigenvalue weighted by Gasteiger charge is -2.32. The number of pyridine rings is 1. The molecule has 2 aromatic heterocycles. The first kappa shape index (κ1) is 21.1. The molecule has 1 aliphatic rings. The molecule has 9 heteroatoms. The van der Waals surface area contributed by atoms with Gasteiger partial charge in [-0.2, -0.15) is 13.2 Å². The molecule has 1 aliphatic heterocycles. The summed E-state index contributed by atoms with van der Waals surface area (Å²) in [6.07, 6.45) is -1.43. The molecule has 6 nitrogen and oxygen atoms in total. The van der Waals surface area contributed by atoms with Crippen molar-refractivity contribution in [2.75, 3.05) is 23.3 Å². The van der Waals surface area contributed by atoms with Crippen molar-refractivity contribution in [3.05, 3.63) is 48.2 Å². The molecule has 0 spiro atoms. The normalized spacial score (nSPS) is 15.4. The topological polar surface area (TPSA) is 63.1 Å². The van der Waals surface area contributed by atoms with E-state index < -0.39 is 11.7 Å². The summed E-state index contributed by atoms with van der Waals surface area (Å²) in [6, 6.07) is 10.2. The third-order valence-corrected chi connectivity index (χ3v) is 5.60. The van der Waals surface area contributed by atoms with E-state index in [4.69, 9.17) is 0 Å². The van der Waals surface area contributed by atoms with Gasteiger partial charge in [-0.15, -0.1) is 0 Å². The molecule has 0 radical (unpaired) electrons. The third kappa shape index (κ3) is 4.50. The van der Waals surface area contributed by atoms with Gasteiger partial charge in [-0.1, -0.05) is 19.1 Å². The van der Waals surface area contributed by atoms with E-state index in [2.05, 4.69) is 22.2 Å². The quantitative estimate of drug-likeness (QED) is 0.635. The standard InChI is InChI=1S/C22H24F3N5O/c1-2-11-30-18-6-4-3-5-17(18)27-21(30)28-20(31)15-9-12-29(13-10-15)19-8-7-16(14-26-19)22(23,24)25/h3-8,14-15H,2,9-13H2,1H3,(H,27,28,31). The summed E-state index contributed by atoms with van der Waals surface area (Å²) in [5.74, 6) is 0.796. The van der Waals surface area contributed by atoms with Crippen LogP contribution in [-0.2, 0) is 17.5 Å². The van der Waals surface area contributed by atoms with Gasteiger partial charge in [0.05, 0.1) is 16.6 Å². The number of fused-ring (bicyclic) bond motifs is 1. The van der Waals surface area contributed by atoms with Crippen molar-refractivity contribution in [3.63, 3.8) is 0 Å². The number of rotatable bonds is 5. The van der Waals surface area contributed by atoms with Crippen molar-refractivity contribution >= 4 is 28.7 Å². The van der Waals surface area contributed by atoms with Gasteiger partial charge in [0.1, 0.15) is 5.82 Å². The number of hydrogen-bond donors (Lipinski definition) is 1. The highest BCUT2D eigenvalue weighted by molar-refractivity contribution is 5.93. The van der Waals surface area contributed by atoms with Crippen molar-refractivity contribution in [2.45, 2.75) is 38.9 Å². The molecule has 3 heterocycles. The van der Waals surface area contributed by atoms with E-state index in [1.54, 1.807) is 0 Å². The summed E-state index contributed by atoms with van der Waals surface area (Å²) >= 11 is 0. The molecule has 164 valence electrons. The molecule has 0 bridgehead atoms. The minimum atomic E-state index is -4.40. The molecule has 1 saturated heterocycles. The van der Waals surface area contributed by atoms with Crippen LogP contribution in [0.25, 0.3) is 11.0 Å². The third-order valence-electron chi connectivity index (χ3n) is 5.60. The number of carbonyl (C=O) groups excluding carboxylic acids is 1. The number of amides is 1. The van der Waals surface area contributed by atoms with Gasteiger partial charge in [0, 0.05) is 31.7 Å². The second-order valence-electron chi connectivity index (χ2n) is 7.73. The van der Waals surface area contributed by atoms with Gasteiger partial charge in [0.15, 0.2) is 0 Å². The molecular weight excluding hydrogens is 407 g/mol. The van der Waals surface area contributed by atoms with Gasteiger partial charge in [-0.25, -0.2) is 9.97 Å². The van der Waals surface area contributed by atoms with Gasteiger partial charge >= 0.3 is 6.18 Å². The lowest BCUT2D eigenvalue weighted by molar-refractivity contribution is -0.137.